The molecule has 2 atom stereocenters. The zero-order chi connectivity index (χ0) is 21.3. The van der Waals surface area contributed by atoms with E-state index in [1.54, 1.807) is 12.1 Å². The molecule has 31 heavy (non-hydrogen) atoms. The first-order chi connectivity index (χ1) is 14.6. The van der Waals surface area contributed by atoms with Gasteiger partial charge in [-0.25, -0.2) is 0 Å². The number of rotatable bonds is 8. The molecule has 0 bridgehead atoms. The van der Waals surface area contributed by atoms with Gasteiger partial charge >= 0.3 is 6.61 Å². The minimum absolute atomic E-state index is 0. The number of nitrogens with zero attached hydrogens (tertiary/aromatic N) is 2. The first kappa shape index (κ1) is 25.9. The van der Waals surface area contributed by atoms with Crippen LogP contribution in [0.2, 0.25) is 0 Å². The van der Waals surface area contributed by atoms with Gasteiger partial charge in [0.1, 0.15) is 6.10 Å². The highest BCUT2D eigenvalue weighted by atomic mass is 127. The molecular formula is C21H32F2IN3O4. The van der Waals surface area contributed by atoms with Crippen LogP contribution in [0, 0.1) is 0 Å². The average molecular weight is 555 g/mol. The first-order valence-corrected chi connectivity index (χ1v) is 10.5. The maximum Gasteiger partial charge on any atom is 0.387 e. The third-order valence-corrected chi connectivity index (χ3v) is 5.21. The molecule has 0 spiro atoms. The van der Waals surface area contributed by atoms with Gasteiger partial charge < -0.3 is 29.2 Å². The van der Waals surface area contributed by atoms with Crippen molar-refractivity contribution in [2.75, 3.05) is 46.5 Å². The van der Waals surface area contributed by atoms with Crippen LogP contribution in [0.15, 0.2) is 23.2 Å². The Kier molecular flexibility index (Phi) is 11.0. The van der Waals surface area contributed by atoms with Crippen LogP contribution in [0.4, 0.5) is 8.78 Å². The summed E-state index contributed by atoms with van der Waals surface area (Å²) in [6.07, 6.45) is 2.92. The Hall–Kier alpha value is -1.40. The smallest absolute Gasteiger partial charge is 0.387 e. The van der Waals surface area contributed by atoms with Crippen LogP contribution in [0.5, 0.6) is 11.5 Å². The highest BCUT2D eigenvalue weighted by Crippen LogP contribution is 2.29. The number of benzene rings is 1. The molecule has 1 aromatic carbocycles. The van der Waals surface area contributed by atoms with Gasteiger partial charge in [-0.2, -0.15) is 8.78 Å². The predicted octanol–water partition coefficient (Wildman–Crippen LogP) is 3.30. The van der Waals surface area contributed by atoms with Crippen LogP contribution in [0.25, 0.3) is 0 Å². The highest BCUT2D eigenvalue weighted by molar-refractivity contribution is 14.0. The predicted molar refractivity (Wildman–Crippen MR) is 125 cm³/mol. The Bertz CT molecular complexity index is 705. The molecule has 10 heteroatoms. The number of nitrogens with one attached hydrogen (secondary N) is 1. The number of hydrogen-bond donors (Lipinski definition) is 1. The van der Waals surface area contributed by atoms with Gasteiger partial charge in [-0.05, 0) is 43.9 Å². The van der Waals surface area contributed by atoms with E-state index in [4.69, 9.17) is 19.2 Å². The molecule has 0 aliphatic carbocycles. The molecule has 3 rings (SSSR count). The molecule has 2 aliphatic rings. The lowest BCUT2D eigenvalue weighted by Crippen LogP contribution is -2.53. The van der Waals surface area contributed by atoms with Gasteiger partial charge in [-0.1, -0.05) is 6.07 Å². The monoisotopic (exact) mass is 555 g/mol. The van der Waals surface area contributed by atoms with E-state index in [-0.39, 0.29) is 47.7 Å². The second-order valence-corrected chi connectivity index (χ2v) is 7.26. The molecular weight excluding hydrogens is 523 g/mol. The van der Waals surface area contributed by atoms with Crippen molar-refractivity contribution in [1.29, 1.82) is 0 Å². The summed E-state index contributed by atoms with van der Waals surface area (Å²) in [7, 11) is 1.42. The standard InChI is InChI=1S/C21H31F2N3O4.HI/c1-3-24-21(26-10-12-29-19(14-26)17-5-4-11-28-17)25-9-8-15-6-7-16(27-2)18(13-15)30-20(22)23;/h6-7,13,17,19-20H,3-5,8-12,14H2,1-2H3,(H,24,25);1H. The van der Waals surface area contributed by atoms with E-state index in [9.17, 15) is 8.78 Å². The van der Waals surface area contributed by atoms with E-state index < -0.39 is 6.61 Å². The van der Waals surface area contributed by atoms with E-state index in [0.717, 1.165) is 50.6 Å². The Morgan fingerprint density at radius 2 is 2.06 bits per heavy atom. The van der Waals surface area contributed by atoms with E-state index in [1.165, 1.54) is 7.11 Å². The van der Waals surface area contributed by atoms with Crippen molar-refractivity contribution in [2.24, 2.45) is 4.99 Å². The van der Waals surface area contributed by atoms with Crippen LogP contribution in [0.3, 0.4) is 0 Å². The van der Waals surface area contributed by atoms with E-state index in [2.05, 4.69) is 15.0 Å². The van der Waals surface area contributed by atoms with Crippen molar-refractivity contribution >= 4 is 29.9 Å². The quantitative estimate of drug-likeness (QED) is 0.302. The molecule has 2 aliphatic heterocycles. The van der Waals surface area contributed by atoms with Crippen LogP contribution in [0.1, 0.15) is 25.3 Å². The molecule has 0 saturated carbocycles. The van der Waals surface area contributed by atoms with Gasteiger partial charge in [0.25, 0.3) is 0 Å². The maximum atomic E-state index is 12.6. The second-order valence-electron chi connectivity index (χ2n) is 7.26. The fourth-order valence-corrected chi connectivity index (χ4v) is 3.77. The van der Waals surface area contributed by atoms with Crippen molar-refractivity contribution in [3.8, 4) is 11.5 Å². The van der Waals surface area contributed by atoms with E-state index >= 15 is 0 Å². The fraction of sp³-hybridized carbons (Fsp3) is 0.667. The third kappa shape index (κ3) is 7.60. The van der Waals surface area contributed by atoms with Crippen LogP contribution >= 0.6 is 24.0 Å². The summed E-state index contributed by atoms with van der Waals surface area (Å²) < 4.78 is 46.6. The third-order valence-electron chi connectivity index (χ3n) is 5.21. The zero-order valence-electron chi connectivity index (χ0n) is 18.0. The number of methoxy groups -OCH3 is 1. The molecule has 0 radical (unpaired) electrons. The summed E-state index contributed by atoms with van der Waals surface area (Å²) in [5.41, 5.74) is 0.852. The van der Waals surface area contributed by atoms with Crippen molar-refractivity contribution < 1.29 is 27.7 Å². The molecule has 1 N–H and O–H groups in total. The number of aliphatic imine (C=N–C) groups is 1. The van der Waals surface area contributed by atoms with Gasteiger partial charge in [0.2, 0.25) is 0 Å². The number of ether oxygens (including phenoxy) is 4. The molecule has 2 heterocycles. The number of guanidine groups is 1. The van der Waals surface area contributed by atoms with Gasteiger partial charge in [0, 0.05) is 32.8 Å². The number of alkyl halides is 2. The molecule has 0 aromatic heterocycles. The SMILES string of the molecule is CCNC(=NCCc1ccc(OC)c(OC(F)F)c1)N1CCOC(C2CCCO2)C1.I. The highest BCUT2D eigenvalue weighted by Gasteiger charge is 2.32. The molecule has 2 saturated heterocycles. The van der Waals surface area contributed by atoms with Gasteiger partial charge in [0.15, 0.2) is 17.5 Å². The summed E-state index contributed by atoms with van der Waals surface area (Å²) in [5.74, 6) is 1.15. The maximum absolute atomic E-state index is 12.6. The average Bonchev–Trinajstić information content (AvgIpc) is 3.28. The van der Waals surface area contributed by atoms with Gasteiger partial charge in [0.05, 0.1) is 19.8 Å². The molecule has 2 unspecified atom stereocenters. The summed E-state index contributed by atoms with van der Waals surface area (Å²) in [5, 5.41) is 3.34. The Labute approximate surface area is 199 Å². The molecule has 0 amide bonds. The first-order valence-electron chi connectivity index (χ1n) is 10.5. The summed E-state index contributed by atoms with van der Waals surface area (Å²) in [4.78, 5) is 6.95. The topological polar surface area (TPSA) is 64.6 Å². The minimum Gasteiger partial charge on any atom is -0.493 e. The normalized spacial score (nSPS) is 21.7. The molecule has 2 fully saturated rings. The van der Waals surface area contributed by atoms with E-state index in [1.807, 2.05) is 13.0 Å². The van der Waals surface area contributed by atoms with Crippen LogP contribution < -0.4 is 14.8 Å². The summed E-state index contributed by atoms with van der Waals surface area (Å²) >= 11 is 0. The Morgan fingerprint density at radius 3 is 2.74 bits per heavy atom. The minimum atomic E-state index is -2.90. The number of hydrogen-bond acceptors (Lipinski definition) is 5. The Morgan fingerprint density at radius 1 is 1.26 bits per heavy atom. The molecule has 1 aromatic rings. The van der Waals surface area contributed by atoms with Crippen LogP contribution in [-0.4, -0.2) is 76.2 Å². The number of morpholine rings is 1. The lowest BCUT2D eigenvalue weighted by molar-refractivity contribution is -0.0817. The molecule has 176 valence electrons. The largest absolute Gasteiger partial charge is 0.493 e. The Balaban J connectivity index is 0.00000341. The lowest BCUT2D eigenvalue weighted by atomic mass is 10.1. The van der Waals surface area contributed by atoms with E-state index in [0.29, 0.717) is 19.6 Å². The van der Waals surface area contributed by atoms with Crippen molar-refractivity contribution in [3.63, 3.8) is 0 Å². The van der Waals surface area contributed by atoms with Crippen molar-refractivity contribution in [3.05, 3.63) is 23.8 Å². The van der Waals surface area contributed by atoms with Crippen molar-refractivity contribution in [1.82, 2.24) is 10.2 Å². The number of halogens is 3. The van der Waals surface area contributed by atoms with Crippen molar-refractivity contribution in [2.45, 2.75) is 45.0 Å². The summed E-state index contributed by atoms with van der Waals surface area (Å²) in [6.45, 7) is 3.37. The van der Waals surface area contributed by atoms with Gasteiger partial charge in [-0.3, -0.25) is 4.99 Å². The molecule has 7 nitrogen and oxygen atoms in total. The lowest BCUT2D eigenvalue weighted by Gasteiger charge is -2.37. The summed E-state index contributed by atoms with van der Waals surface area (Å²) in [6, 6.07) is 5.05. The zero-order valence-corrected chi connectivity index (χ0v) is 20.4. The second kappa shape index (κ2) is 13.2. The van der Waals surface area contributed by atoms with Crippen LogP contribution in [-0.2, 0) is 15.9 Å². The fourth-order valence-electron chi connectivity index (χ4n) is 3.77. The van der Waals surface area contributed by atoms with Gasteiger partial charge in [-0.15, -0.1) is 24.0 Å².